The number of rotatable bonds is 4. The molecule has 1 unspecified atom stereocenters. The number of nitrogens with zero attached hydrogens (tertiary/aromatic N) is 1. The van der Waals surface area contributed by atoms with Crippen molar-refractivity contribution in [1.29, 1.82) is 0 Å². The van der Waals surface area contributed by atoms with Crippen LogP contribution in [0, 0.1) is 6.92 Å². The first-order valence-corrected chi connectivity index (χ1v) is 10.3. The van der Waals surface area contributed by atoms with Gasteiger partial charge in [0.15, 0.2) is 0 Å². The molecule has 9 heteroatoms. The van der Waals surface area contributed by atoms with Gasteiger partial charge in [0, 0.05) is 35.8 Å². The smallest absolute Gasteiger partial charge is 0.319 e. The van der Waals surface area contributed by atoms with Gasteiger partial charge in [-0.1, -0.05) is 23.7 Å². The second-order valence-electron chi connectivity index (χ2n) is 7.66. The van der Waals surface area contributed by atoms with Crippen LogP contribution in [0.2, 0.25) is 5.02 Å². The lowest BCUT2D eigenvalue weighted by atomic mass is 10.0. The molecule has 4 rings (SSSR count). The highest BCUT2D eigenvalue weighted by molar-refractivity contribution is 6.30. The van der Waals surface area contributed by atoms with Crippen molar-refractivity contribution in [2.45, 2.75) is 38.9 Å². The zero-order chi connectivity index (χ0) is 22.1. The summed E-state index contributed by atoms with van der Waals surface area (Å²) >= 11 is 5.93. The molecule has 5 amide bonds. The number of carbonyl (C=O) groups is 4. The van der Waals surface area contributed by atoms with Crippen LogP contribution in [-0.4, -0.2) is 34.7 Å². The highest BCUT2D eigenvalue weighted by atomic mass is 35.5. The summed E-state index contributed by atoms with van der Waals surface area (Å²) < 4.78 is 0. The fraction of sp³-hybridized carbons (Fsp3) is 0.273. The monoisotopic (exact) mass is 440 g/mol. The maximum absolute atomic E-state index is 12.9. The SMILES string of the molecule is Cc1cc(Cl)ccc1NC(=O)NCc1ccc2c(c1)C(=O)N(C1CCC(=O)NC1=O)C2. The van der Waals surface area contributed by atoms with Gasteiger partial charge in [0.1, 0.15) is 6.04 Å². The lowest BCUT2D eigenvalue weighted by molar-refractivity contribution is -0.136. The van der Waals surface area contributed by atoms with Crippen LogP contribution in [0.4, 0.5) is 10.5 Å². The van der Waals surface area contributed by atoms with E-state index in [9.17, 15) is 19.2 Å². The standard InChI is InChI=1S/C22H21ClN4O4/c1-12-8-15(23)4-5-17(12)25-22(31)24-10-13-2-3-14-11-27(21(30)16(14)9-13)18-6-7-19(28)26-20(18)29/h2-5,8-9,18H,6-7,10-11H2,1H3,(H2,24,25,31)(H,26,28,29). The van der Waals surface area contributed by atoms with Gasteiger partial charge in [-0.3, -0.25) is 19.7 Å². The number of imide groups is 1. The zero-order valence-electron chi connectivity index (χ0n) is 16.8. The van der Waals surface area contributed by atoms with Crippen molar-refractivity contribution in [3.63, 3.8) is 0 Å². The highest BCUT2D eigenvalue weighted by Gasteiger charge is 2.39. The number of fused-ring (bicyclic) bond motifs is 1. The number of aryl methyl sites for hydroxylation is 1. The highest BCUT2D eigenvalue weighted by Crippen LogP contribution is 2.28. The molecule has 0 aromatic heterocycles. The molecule has 0 saturated carbocycles. The fourth-order valence-corrected chi connectivity index (χ4v) is 4.05. The average molecular weight is 441 g/mol. The molecule has 160 valence electrons. The number of carbonyl (C=O) groups excluding carboxylic acids is 4. The molecule has 8 nitrogen and oxygen atoms in total. The summed E-state index contributed by atoms with van der Waals surface area (Å²) in [5.74, 6) is -0.994. The van der Waals surface area contributed by atoms with Gasteiger partial charge < -0.3 is 15.5 Å². The van der Waals surface area contributed by atoms with Crippen molar-refractivity contribution in [2.75, 3.05) is 5.32 Å². The Morgan fingerprint density at radius 1 is 1.19 bits per heavy atom. The second kappa shape index (κ2) is 8.39. The van der Waals surface area contributed by atoms with Gasteiger partial charge in [-0.15, -0.1) is 0 Å². The molecule has 0 radical (unpaired) electrons. The van der Waals surface area contributed by atoms with Crippen molar-refractivity contribution in [3.05, 3.63) is 63.7 Å². The summed E-state index contributed by atoms with van der Waals surface area (Å²) in [6.07, 6.45) is 0.539. The Morgan fingerprint density at radius 2 is 2.00 bits per heavy atom. The summed E-state index contributed by atoms with van der Waals surface area (Å²) in [6, 6.07) is 9.58. The number of nitrogens with one attached hydrogen (secondary N) is 3. The Labute approximate surface area is 183 Å². The normalized spacial score (nSPS) is 17.9. The number of benzene rings is 2. The third-order valence-electron chi connectivity index (χ3n) is 5.48. The minimum absolute atomic E-state index is 0.216. The lowest BCUT2D eigenvalue weighted by Crippen LogP contribution is -2.52. The van der Waals surface area contributed by atoms with E-state index in [4.69, 9.17) is 11.6 Å². The number of hydrogen-bond acceptors (Lipinski definition) is 4. The van der Waals surface area contributed by atoms with Gasteiger partial charge in [0.25, 0.3) is 5.91 Å². The Hall–Kier alpha value is -3.39. The minimum Gasteiger partial charge on any atom is -0.334 e. The van der Waals surface area contributed by atoms with E-state index in [-0.39, 0.29) is 30.8 Å². The molecular weight excluding hydrogens is 420 g/mol. The van der Waals surface area contributed by atoms with E-state index in [0.29, 0.717) is 29.2 Å². The van der Waals surface area contributed by atoms with E-state index in [1.807, 2.05) is 19.1 Å². The first-order valence-electron chi connectivity index (χ1n) is 9.89. The maximum atomic E-state index is 12.9. The number of anilines is 1. The topological polar surface area (TPSA) is 108 Å². The van der Waals surface area contributed by atoms with Crippen molar-refractivity contribution in [2.24, 2.45) is 0 Å². The van der Waals surface area contributed by atoms with Crippen LogP contribution in [0.5, 0.6) is 0 Å². The van der Waals surface area contributed by atoms with Crippen LogP contribution in [0.1, 0.15) is 39.9 Å². The summed E-state index contributed by atoms with van der Waals surface area (Å²) in [5, 5.41) is 8.43. The van der Waals surface area contributed by atoms with Crippen molar-refractivity contribution >= 4 is 41.0 Å². The van der Waals surface area contributed by atoms with E-state index >= 15 is 0 Å². The predicted molar refractivity (Wildman–Crippen MR) is 115 cm³/mol. The van der Waals surface area contributed by atoms with Gasteiger partial charge in [0.05, 0.1) is 0 Å². The summed E-state index contributed by atoms with van der Waals surface area (Å²) in [7, 11) is 0. The van der Waals surface area contributed by atoms with Crippen LogP contribution >= 0.6 is 11.6 Å². The molecule has 0 aliphatic carbocycles. The lowest BCUT2D eigenvalue weighted by Gasteiger charge is -2.29. The van der Waals surface area contributed by atoms with Crippen LogP contribution in [0.25, 0.3) is 0 Å². The Morgan fingerprint density at radius 3 is 2.74 bits per heavy atom. The van der Waals surface area contributed by atoms with E-state index in [0.717, 1.165) is 16.7 Å². The molecule has 1 atom stereocenters. The number of piperidine rings is 1. The quantitative estimate of drug-likeness (QED) is 0.635. The second-order valence-corrected chi connectivity index (χ2v) is 8.09. The first kappa shape index (κ1) is 20.9. The molecule has 2 aliphatic heterocycles. The van der Waals surface area contributed by atoms with Crippen LogP contribution in [0.15, 0.2) is 36.4 Å². The van der Waals surface area contributed by atoms with E-state index in [2.05, 4.69) is 16.0 Å². The Balaban J connectivity index is 1.39. The first-order chi connectivity index (χ1) is 14.8. The molecule has 3 N–H and O–H groups in total. The van der Waals surface area contributed by atoms with Crippen molar-refractivity contribution in [1.82, 2.24) is 15.5 Å². The Kier molecular flexibility index (Phi) is 5.65. The molecule has 1 saturated heterocycles. The van der Waals surface area contributed by atoms with Gasteiger partial charge in [-0.25, -0.2) is 4.79 Å². The van der Waals surface area contributed by atoms with Crippen LogP contribution < -0.4 is 16.0 Å². The Bertz CT molecular complexity index is 1100. The van der Waals surface area contributed by atoms with Crippen molar-refractivity contribution < 1.29 is 19.2 Å². The van der Waals surface area contributed by atoms with Gasteiger partial charge in [0.2, 0.25) is 11.8 Å². The maximum Gasteiger partial charge on any atom is 0.319 e. The van der Waals surface area contributed by atoms with Crippen LogP contribution in [0.3, 0.4) is 0 Å². The summed E-state index contributed by atoms with van der Waals surface area (Å²) in [6.45, 7) is 2.41. The minimum atomic E-state index is -0.646. The third-order valence-corrected chi connectivity index (χ3v) is 5.72. The number of amides is 5. The summed E-state index contributed by atoms with van der Waals surface area (Å²) in [4.78, 5) is 50.1. The van der Waals surface area contributed by atoms with Gasteiger partial charge >= 0.3 is 6.03 Å². The molecule has 2 heterocycles. The van der Waals surface area contributed by atoms with Gasteiger partial charge in [-0.2, -0.15) is 0 Å². The molecular formula is C22H21ClN4O4. The molecule has 1 fully saturated rings. The number of urea groups is 1. The van der Waals surface area contributed by atoms with E-state index in [1.54, 1.807) is 24.3 Å². The largest absolute Gasteiger partial charge is 0.334 e. The number of halogens is 1. The van der Waals surface area contributed by atoms with Crippen molar-refractivity contribution in [3.8, 4) is 0 Å². The zero-order valence-corrected chi connectivity index (χ0v) is 17.6. The molecule has 31 heavy (non-hydrogen) atoms. The predicted octanol–water partition coefficient (Wildman–Crippen LogP) is 2.73. The molecule has 2 aromatic rings. The molecule has 0 bridgehead atoms. The molecule has 0 spiro atoms. The van der Waals surface area contributed by atoms with E-state index < -0.39 is 11.9 Å². The summed E-state index contributed by atoms with van der Waals surface area (Å²) in [5.41, 5.74) is 3.60. The van der Waals surface area contributed by atoms with Crippen LogP contribution in [-0.2, 0) is 22.7 Å². The fourth-order valence-electron chi connectivity index (χ4n) is 3.83. The van der Waals surface area contributed by atoms with Gasteiger partial charge in [-0.05, 0) is 54.3 Å². The number of hydrogen-bond donors (Lipinski definition) is 3. The van der Waals surface area contributed by atoms with E-state index in [1.165, 1.54) is 4.90 Å². The third kappa shape index (κ3) is 4.39. The molecule has 2 aromatic carbocycles. The molecule has 2 aliphatic rings. The average Bonchev–Trinajstić information content (AvgIpc) is 3.04.